The number of carbonyl (C=O) groups excluding carboxylic acids is 1. The fourth-order valence-corrected chi connectivity index (χ4v) is 2.27. The Kier molecular flexibility index (Phi) is 4.31. The van der Waals surface area contributed by atoms with Crippen molar-refractivity contribution in [2.75, 3.05) is 12.8 Å². The largest absolute Gasteiger partial charge is 0.395 e. The van der Waals surface area contributed by atoms with E-state index in [0.29, 0.717) is 30.2 Å². The molecule has 1 aromatic heterocycles. The van der Waals surface area contributed by atoms with Crippen LogP contribution in [0.15, 0.2) is 24.3 Å². The predicted octanol–water partition coefficient (Wildman–Crippen LogP) is 2.37. The number of nitrogens with two attached hydrogens (primary N) is 1. The van der Waals surface area contributed by atoms with Crippen molar-refractivity contribution in [3.8, 4) is 0 Å². The van der Waals surface area contributed by atoms with E-state index in [9.17, 15) is 4.79 Å². The number of nitrogens with zero attached hydrogens (tertiary/aromatic N) is 3. The number of rotatable bonds is 4. The average Bonchev–Trinajstić information content (AvgIpc) is 2.76. The first-order chi connectivity index (χ1) is 9.93. The maximum Gasteiger partial charge on any atom is 0.274 e. The van der Waals surface area contributed by atoms with Gasteiger partial charge in [-0.2, -0.15) is 5.10 Å². The molecule has 0 fully saturated rings. The molecule has 2 rings (SSSR count). The van der Waals surface area contributed by atoms with Crippen LogP contribution < -0.4 is 5.73 Å². The van der Waals surface area contributed by atoms with Crippen LogP contribution >= 0.6 is 0 Å². The summed E-state index contributed by atoms with van der Waals surface area (Å²) in [5, 5.41) is 4.29. The van der Waals surface area contributed by atoms with Crippen molar-refractivity contribution < 1.29 is 4.79 Å². The maximum atomic E-state index is 12.6. The Morgan fingerprint density at radius 3 is 2.48 bits per heavy atom. The van der Waals surface area contributed by atoms with Gasteiger partial charge in [0, 0.05) is 20.1 Å². The van der Waals surface area contributed by atoms with Crippen molar-refractivity contribution in [2.24, 2.45) is 0 Å². The number of aromatic nitrogens is 2. The van der Waals surface area contributed by atoms with Gasteiger partial charge in [-0.3, -0.25) is 9.48 Å². The fourth-order valence-electron chi connectivity index (χ4n) is 2.27. The lowest BCUT2D eigenvalue weighted by Gasteiger charge is -2.18. The van der Waals surface area contributed by atoms with Crippen LogP contribution in [0.3, 0.4) is 0 Å². The van der Waals surface area contributed by atoms with Crippen LogP contribution in [0, 0.1) is 13.8 Å². The summed E-state index contributed by atoms with van der Waals surface area (Å²) in [6.07, 6.45) is 0. The summed E-state index contributed by atoms with van der Waals surface area (Å²) in [6, 6.07) is 8.15. The smallest absolute Gasteiger partial charge is 0.274 e. The second-order valence-corrected chi connectivity index (χ2v) is 5.31. The van der Waals surface area contributed by atoms with Gasteiger partial charge >= 0.3 is 0 Å². The van der Waals surface area contributed by atoms with Gasteiger partial charge < -0.3 is 10.6 Å². The van der Waals surface area contributed by atoms with Crippen LogP contribution in [0.2, 0.25) is 0 Å². The third-order valence-electron chi connectivity index (χ3n) is 3.56. The van der Waals surface area contributed by atoms with Crippen LogP contribution in [0.5, 0.6) is 0 Å². The summed E-state index contributed by atoms with van der Waals surface area (Å²) in [5.74, 6) is -0.101. The normalized spacial score (nSPS) is 10.7. The third-order valence-corrected chi connectivity index (χ3v) is 3.56. The number of benzene rings is 1. The summed E-state index contributed by atoms with van der Waals surface area (Å²) >= 11 is 0. The number of hydrogen-bond donors (Lipinski definition) is 1. The lowest BCUT2D eigenvalue weighted by atomic mass is 10.1. The first-order valence-electron chi connectivity index (χ1n) is 7.08. The molecule has 5 heteroatoms. The van der Waals surface area contributed by atoms with Crippen molar-refractivity contribution in [2.45, 2.75) is 33.9 Å². The second-order valence-electron chi connectivity index (χ2n) is 5.31. The number of nitrogen functional groups attached to an aromatic ring is 1. The summed E-state index contributed by atoms with van der Waals surface area (Å²) in [6.45, 7) is 6.98. The summed E-state index contributed by atoms with van der Waals surface area (Å²) in [7, 11) is 1.78. The molecule has 0 atom stereocenters. The van der Waals surface area contributed by atoms with Gasteiger partial charge in [0.15, 0.2) is 0 Å². The summed E-state index contributed by atoms with van der Waals surface area (Å²) in [4.78, 5) is 14.3. The van der Waals surface area contributed by atoms with E-state index in [1.54, 1.807) is 16.6 Å². The number of anilines is 1. The van der Waals surface area contributed by atoms with Crippen molar-refractivity contribution >= 4 is 11.6 Å². The molecule has 1 aromatic carbocycles. The Labute approximate surface area is 125 Å². The molecule has 0 aliphatic rings. The zero-order chi connectivity index (χ0) is 15.6. The van der Waals surface area contributed by atoms with E-state index < -0.39 is 0 Å². The molecule has 1 amide bonds. The Balaban J connectivity index is 2.21. The Bertz CT molecular complexity index is 643. The van der Waals surface area contributed by atoms with Crippen molar-refractivity contribution in [1.82, 2.24) is 14.7 Å². The topological polar surface area (TPSA) is 64.2 Å². The Morgan fingerprint density at radius 1 is 1.29 bits per heavy atom. The molecule has 0 aliphatic heterocycles. The SMILES string of the molecule is CCn1nc(C)c(N)c1C(=O)N(C)Cc1ccc(C)cc1. The maximum absolute atomic E-state index is 12.6. The average molecular weight is 286 g/mol. The Morgan fingerprint density at radius 2 is 1.90 bits per heavy atom. The van der Waals surface area contributed by atoms with Crippen LogP contribution in [0.1, 0.15) is 34.2 Å². The molecule has 0 spiro atoms. The van der Waals surface area contributed by atoms with E-state index in [1.165, 1.54) is 5.56 Å². The second kappa shape index (κ2) is 5.99. The highest BCUT2D eigenvalue weighted by Crippen LogP contribution is 2.19. The zero-order valence-electron chi connectivity index (χ0n) is 13.1. The van der Waals surface area contributed by atoms with Gasteiger partial charge in [-0.15, -0.1) is 0 Å². The van der Waals surface area contributed by atoms with Crippen molar-refractivity contribution in [3.05, 3.63) is 46.8 Å². The molecule has 0 bridgehead atoms. The highest BCUT2D eigenvalue weighted by atomic mass is 16.2. The minimum atomic E-state index is -0.101. The number of amides is 1. The molecule has 0 radical (unpaired) electrons. The lowest BCUT2D eigenvalue weighted by molar-refractivity contribution is 0.0774. The molecule has 112 valence electrons. The first-order valence-corrected chi connectivity index (χ1v) is 7.08. The quantitative estimate of drug-likeness (QED) is 0.938. The standard InChI is InChI=1S/C16H22N4O/c1-5-20-15(14(17)12(3)18-20)16(21)19(4)10-13-8-6-11(2)7-9-13/h6-9H,5,10,17H2,1-4H3. The number of hydrogen-bond acceptors (Lipinski definition) is 3. The molecule has 0 aliphatic carbocycles. The summed E-state index contributed by atoms with van der Waals surface area (Å²) < 4.78 is 1.67. The monoisotopic (exact) mass is 286 g/mol. The van der Waals surface area contributed by atoms with Gasteiger partial charge in [0.2, 0.25) is 0 Å². The highest BCUT2D eigenvalue weighted by molar-refractivity contribution is 5.97. The molecular weight excluding hydrogens is 264 g/mol. The predicted molar refractivity (Wildman–Crippen MR) is 84.0 cm³/mol. The minimum Gasteiger partial charge on any atom is -0.395 e. The number of aryl methyl sites for hydroxylation is 3. The molecule has 0 saturated carbocycles. The van der Waals surface area contributed by atoms with E-state index >= 15 is 0 Å². The van der Waals surface area contributed by atoms with Crippen molar-refractivity contribution in [3.63, 3.8) is 0 Å². The molecule has 0 unspecified atom stereocenters. The van der Waals surface area contributed by atoms with Crippen LogP contribution in [0.4, 0.5) is 5.69 Å². The van der Waals surface area contributed by atoms with Crippen molar-refractivity contribution in [1.29, 1.82) is 0 Å². The van der Waals surface area contributed by atoms with E-state index in [2.05, 4.69) is 5.10 Å². The Hall–Kier alpha value is -2.30. The van der Waals surface area contributed by atoms with Gasteiger partial charge in [-0.25, -0.2) is 0 Å². The number of carbonyl (C=O) groups is 1. The highest BCUT2D eigenvalue weighted by Gasteiger charge is 2.22. The van der Waals surface area contributed by atoms with E-state index in [0.717, 1.165) is 5.56 Å². The van der Waals surface area contributed by atoms with Gasteiger partial charge in [0.25, 0.3) is 5.91 Å². The van der Waals surface area contributed by atoms with Gasteiger partial charge in [-0.05, 0) is 26.3 Å². The van der Waals surface area contributed by atoms with Gasteiger partial charge in [0.1, 0.15) is 5.69 Å². The van der Waals surface area contributed by atoms with E-state index in [-0.39, 0.29) is 5.91 Å². The first kappa shape index (κ1) is 15.1. The van der Waals surface area contributed by atoms with E-state index in [4.69, 9.17) is 5.73 Å². The van der Waals surface area contributed by atoms with E-state index in [1.807, 2.05) is 45.0 Å². The molecule has 2 N–H and O–H groups in total. The van der Waals surface area contributed by atoms with Crippen LogP contribution in [0.25, 0.3) is 0 Å². The van der Waals surface area contributed by atoms with Gasteiger partial charge in [0.05, 0.1) is 11.4 Å². The van der Waals surface area contributed by atoms with Crippen LogP contribution in [-0.2, 0) is 13.1 Å². The molecule has 2 aromatic rings. The molecule has 1 heterocycles. The zero-order valence-corrected chi connectivity index (χ0v) is 13.1. The molecule has 21 heavy (non-hydrogen) atoms. The molecule has 5 nitrogen and oxygen atoms in total. The molecule has 0 saturated heterocycles. The summed E-state index contributed by atoms with van der Waals surface area (Å²) in [5.41, 5.74) is 9.94. The van der Waals surface area contributed by atoms with Crippen LogP contribution in [-0.4, -0.2) is 27.6 Å². The molecular formula is C16H22N4O. The fraction of sp³-hybridized carbons (Fsp3) is 0.375. The third kappa shape index (κ3) is 3.07. The van der Waals surface area contributed by atoms with Gasteiger partial charge in [-0.1, -0.05) is 29.8 Å². The minimum absolute atomic E-state index is 0.101. The lowest BCUT2D eigenvalue weighted by Crippen LogP contribution is -2.29.